The van der Waals surface area contributed by atoms with Gasteiger partial charge in [-0.15, -0.1) is 0 Å². The van der Waals surface area contributed by atoms with Crippen LogP contribution in [0.15, 0.2) is 18.2 Å². The van der Waals surface area contributed by atoms with E-state index in [-0.39, 0.29) is 17.5 Å². The monoisotopic (exact) mass is 295 g/mol. The third-order valence-corrected chi connectivity index (χ3v) is 3.97. The summed E-state index contributed by atoms with van der Waals surface area (Å²) >= 11 is 0. The first-order valence-electron chi connectivity index (χ1n) is 7.52. The Morgan fingerprint density at radius 1 is 1.43 bits per heavy atom. The average Bonchev–Trinajstić information content (AvgIpc) is 2.50. The molecule has 21 heavy (non-hydrogen) atoms. The molecule has 116 valence electrons. The Morgan fingerprint density at radius 3 is 2.76 bits per heavy atom. The van der Waals surface area contributed by atoms with Crippen LogP contribution in [-0.4, -0.2) is 36.0 Å². The lowest BCUT2D eigenvalue weighted by atomic mass is 9.97. The highest BCUT2D eigenvalue weighted by atomic mass is 19.1. The van der Waals surface area contributed by atoms with Crippen LogP contribution in [0.3, 0.4) is 0 Å². The number of nitrogens with one attached hydrogen (secondary N) is 1. The Labute approximate surface area is 124 Å². The van der Waals surface area contributed by atoms with Crippen molar-refractivity contribution in [2.24, 2.45) is 0 Å². The number of nitro groups is 1. The molecule has 0 aliphatic carbocycles. The SMILES string of the molecule is CCCC[C@@H](c1cc([N+](=O)[O-])ccc1F)N1CCNCC1. The van der Waals surface area contributed by atoms with Crippen molar-refractivity contribution in [2.45, 2.75) is 32.2 Å². The average molecular weight is 295 g/mol. The third kappa shape index (κ3) is 3.98. The first-order chi connectivity index (χ1) is 10.1. The van der Waals surface area contributed by atoms with E-state index in [0.717, 1.165) is 45.4 Å². The van der Waals surface area contributed by atoms with Gasteiger partial charge in [0.2, 0.25) is 0 Å². The number of hydrogen-bond donors (Lipinski definition) is 1. The van der Waals surface area contributed by atoms with Crippen molar-refractivity contribution in [2.75, 3.05) is 26.2 Å². The molecule has 0 spiro atoms. The van der Waals surface area contributed by atoms with Crippen LogP contribution in [0, 0.1) is 15.9 Å². The minimum absolute atomic E-state index is 0.0389. The van der Waals surface area contributed by atoms with Crippen molar-refractivity contribution in [3.05, 3.63) is 39.7 Å². The highest BCUT2D eigenvalue weighted by Gasteiger charge is 2.25. The molecule has 1 N–H and O–H groups in total. The van der Waals surface area contributed by atoms with Crippen LogP contribution in [-0.2, 0) is 0 Å². The Kier molecular flexibility index (Phi) is 5.64. The molecule has 2 rings (SSSR count). The molecule has 1 aromatic rings. The van der Waals surface area contributed by atoms with E-state index in [2.05, 4.69) is 17.1 Å². The van der Waals surface area contributed by atoms with E-state index in [0.29, 0.717) is 5.56 Å². The van der Waals surface area contributed by atoms with Crippen LogP contribution in [0.5, 0.6) is 0 Å². The van der Waals surface area contributed by atoms with Crippen molar-refractivity contribution >= 4 is 5.69 Å². The Balaban J connectivity index is 2.30. The molecule has 5 nitrogen and oxygen atoms in total. The molecule has 0 aromatic heterocycles. The quantitative estimate of drug-likeness (QED) is 0.647. The lowest BCUT2D eigenvalue weighted by Crippen LogP contribution is -2.45. The maximum Gasteiger partial charge on any atom is 0.269 e. The van der Waals surface area contributed by atoms with E-state index >= 15 is 0 Å². The first kappa shape index (κ1) is 15.9. The van der Waals surface area contributed by atoms with Crippen LogP contribution >= 0.6 is 0 Å². The topological polar surface area (TPSA) is 58.4 Å². The number of nitro benzene ring substituents is 1. The van der Waals surface area contributed by atoms with Gasteiger partial charge in [-0.2, -0.15) is 0 Å². The van der Waals surface area contributed by atoms with Crippen molar-refractivity contribution in [3.8, 4) is 0 Å². The van der Waals surface area contributed by atoms with Crippen LogP contribution < -0.4 is 5.32 Å². The zero-order chi connectivity index (χ0) is 15.2. The van der Waals surface area contributed by atoms with Crippen LogP contribution in [0.4, 0.5) is 10.1 Å². The Hall–Kier alpha value is -1.53. The molecular formula is C15H22FN3O2. The second kappa shape index (κ2) is 7.47. The molecule has 0 amide bonds. The molecule has 1 heterocycles. The molecular weight excluding hydrogens is 273 g/mol. The summed E-state index contributed by atoms with van der Waals surface area (Å²) < 4.78 is 14.2. The van der Waals surface area contributed by atoms with Crippen molar-refractivity contribution in [1.82, 2.24) is 10.2 Å². The molecule has 6 heteroatoms. The van der Waals surface area contributed by atoms with E-state index in [1.54, 1.807) is 0 Å². The number of halogens is 1. The van der Waals surface area contributed by atoms with Crippen LogP contribution in [0.1, 0.15) is 37.8 Å². The second-order valence-corrected chi connectivity index (χ2v) is 5.41. The summed E-state index contributed by atoms with van der Waals surface area (Å²) in [5.74, 6) is -0.347. The first-order valence-corrected chi connectivity index (χ1v) is 7.52. The van der Waals surface area contributed by atoms with Gasteiger partial charge >= 0.3 is 0 Å². The number of hydrogen-bond acceptors (Lipinski definition) is 4. The Bertz CT molecular complexity index is 490. The lowest BCUT2D eigenvalue weighted by molar-refractivity contribution is -0.385. The zero-order valence-corrected chi connectivity index (χ0v) is 12.3. The number of unbranched alkanes of at least 4 members (excludes halogenated alkanes) is 1. The predicted molar refractivity (Wildman–Crippen MR) is 79.8 cm³/mol. The smallest absolute Gasteiger partial charge is 0.269 e. The van der Waals surface area contributed by atoms with Crippen LogP contribution in [0.25, 0.3) is 0 Å². The maximum atomic E-state index is 14.2. The van der Waals surface area contributed by atoms with Gasteiger partial charge in [0.05, 0.1) is 4.92 Å². The highest BCUT2D eigenvalue weighted by Crippen LogP contribution is 2.31. The summed E-state index contributed by atoms with van der Waals surface area (Å²) in [4.78, 5) is 12.7. The van der Waals surface area contributed by atoms with Gasteiger partial charge in [-0.3, -0.25) is 15.0 Å². The highest BCUT2D eigenvalue weighted by molar-refractivity contribution is 5.37. The minimum Gasteiger partial charge on any atom is -0.314 e. The molecule has 0 bridgehead atoms. The summed E-state index contributed by atoms with van der Waals surface area (Å²) in [6.07, 6.45) is 2.84. The number of piperazine rings is 1. The minimum atomic E-state index is -0.461. The zero-order valence-electron chi connectivity index (χ0n) is 12.3. The van der Waals surface area contributed by atoms with E-state index in [4.69, 9.17) is 0 Å². The van der Waals surface area contributed by atoms with Crippen LogP contribution in [0.2, 0.25) is 0 Å². The summed E-state index contributed by atoms with van der Waals surface area (Å²) in [5, 5.41) is 14.2. The molecule has 1 aliphatic heterocycles. The number of nitrogens with zero attached hydrogens (tertiary/aromatic N) is 2. The van der Waals surface area contributed by atoms with Gasteiger partial charge in [-0.25, -0.2) is 4.39 Å². The van der Waals surface area contributed by atoms with Gasteiger partial charge in [0.15, 0.2) is 0 Å². The van der Waals surface area contributed by atoms with Gasteiger partial charge in [-0.05, 0) is 12.5 Å². The second-order valence-electron chi connectivity index (χ2n) is 5.41. The Morgan fingerprint density at radius 2 is 2.14 bits per heavy atom. The van der Waals surface area contributed by atoms with E-state index in [1.807, 2.05) is 0 Å². The van der Waals surface area contributed by atoms with Gasteiger partial charge in [0, 0.05) is 49.9 Å². The van der Waals surface area contributed by atoms with E-state index in [9.17, 15) is 14.5 Å². The van der Waals surface area contributed by atoms with Gasteiger partial charge in [-0.1, -0.05) is 19.8 Å². The fourth-order valence-electron chi connectivity index (χ4n) is 2.83. The maximum absolute atomic E-state index is 14.2. The number of rotatable bonds is 6. The molecule has 1 saturated heterocycles. The molecule has 0 unspecified atom stereocenters. The fourth-order valence-corrected chi connectivity index (χ4v) is 2.83. The molecule has 0 saturated carbocycles. The summed E-state index contributed by atoms with van der Waals surface area (Å²) in [7, 11) is 0. The van der Waals surface area contributed by atoms with Gasteiger partial charge in [0.1, 0.15) is 5.82 Å². The van der Waals surface area contributed by atoms with E-state index < -0.39 is 4.92 Å². The predicted octanol–water partition coefficient (Wildman–Crippen LogP) is 2.87. The largest absolute Gasteiger partial charge is 0.314 e. The summed E-state index contributed by atoms with van der Waals surface area (Å²) in [5.41, 5.74) is 0.419. The third-order valence-electron chi connectivity index (χ3n) is 3.97. The lowest BCUT2D eigenvalue weighted by Gasteiger charge is -2.35. The fraction of sp³-hybridized carbons (Fsp3) is 0.600. The van der Waals surface area contributed by atoms with Gasteiger partial charge < -0.3 is 5.32 Å². The van der Waals surface area contributed by atoms with Crippen molar-refractivity contribution < 1.29 is 9.31 Å². The normalized spacial score (nSPS) is 17.6. The van der Waals surface area contributed by atoms with E-state index in [1.165, 1.54) is 18.2 Å². The molecule has 1 atom stereocenters. The standard InChI is InChI=1S/C15H22FN3O2/c1-2-3-4-15(18-9-7-17-8-10-18)13-11-12(19(20)21)5-6-14(13)16/h5-6,11,15,17H,2-4,7-10H2,1H3/t15-/m0/s1. The van der Waals surface area contributed by atoms with Crippen molar-refractivity contribution in [1.29, 1.82) is 0 Å². The molecule has 0 radical (unpaired) electrons. The summed E-state index contributed by atoms with van der Waals surface area (Å²) in [6.45, 7) is 5.53. The summed E-state index contributed by atoms with van der Waals surface area (Å²) in [6, 6.07) is 3.77. The number of non-ortho nitro benzene ring substituents is 1. The number of benzene rings is 1. The van der Waals surface area contributed by atoms with Gasteiger partial charge in [0.25, 0.3) is 5.69 Å². The molecule has 1 aromatic carbocycles. The molecule has 1 fully saturated rings. The molecule has 1 aliphatic rings. The van der Waals surface area contributed by atoms with Crippen molar-refractivity contribution in [3.63, 3.8) is 0 Å².